The van der Waals surface area contributed by atoms with E-state index in [1.54, 1.807) is 14.2 Å². The Morgan fingerprint density at radius 1 is 0.667 bits per heavy atom. The van der Waals surface area contributed by atoms with E-state index in [2.05, 4.69) is 59.2 Å². The van der Waals surface area contributed by atoms with E-state index >= 15 is 0 Å². The maximum atomic E-state index is 4.98. The number of benzene rings is 2. The minimum atomic E-state index is 0.523. The lowest BCUT2D eigenvalue weighted by Crippen LogP contribution is -2.03. The van der Waals surface area contributed by atoms with Gasteiger partial charge in [-0.15, -0.1) is 0 Å². The van der Waals surface area contributed by atoms with Crippen LogP contribution in [0.4, 0.5) is 11.4 Å². The largest absolute Gasteiger partial charge is 0.365 e. The monoisotopic (exact) mass is 286 g/mol. The van der Waals surface area contributed by atoms with Gasteiger partial charge in [-0.3, -0.25) is 0 Å². The molecule has 0 aliphatic heterocycles. The Hall–Kier alpha value is -2.04. The second kappa shape index (κ2) is 8.29. The lowest BCUT2D eigenvalue weighted by Gasteiger charge is -2.08. The molecule has 4 nitrogen and oxygen atoms in total. The van der Waals surface area contributed by atoms with Gasteiger partial charge in [0.2, 0.25) is 0 Å². The molecule has 0 saturated heterocycles. The summed E-state index contributed by atoms with van der Waals surface area (Å²) in [6, 6.07) is 16.8. The standard InChI is InChI=1S/C17H22N2O2/c1-20-12-18-16-7-3-14(4-8-16)11-15-5-9-17(10-6-15)19-13-21-2/h3-10,18-19H,11-13H2,1-2H3. The van der Waals surface area contributed by atoms with Crippen LogP contribution in [0.5, 0.6) is 0 Å². The molecule has 2 N–H and O–H groups in total. The first-order chi connectivity index (χ1) is 10.3. The van der Waals surface area contributed by atoms with Crippen LogP contribution in [0.2, 0.25) is 0 Å². The summed E-state index contributed by atoms with van der Waals surface area (Å²) in [6.07, 6.45) is 0.926. The molecule has 21 heavy (non-hydrogen) atoms. The van der Waals surface area contributed by atoms with Crippen molar-refractivity contribution in [3.63, 3.8) is 0 Å². The number of methoxy groups -OCH3 is 2. The minimum absolute atomic E-state index is 0.523. The van der Waals surface area contributed by atoms with Crippen LogP contribution in [0.15, 0.2) is 48.5 Å². The van der Waals surface area contributed by atoms with Crippen LogP contribution in [-0.2, 0) is 15.9 Å². The summed E-state index contributed by atoms with van der Waals surface area (Å²) in [5, 5.41) is 6.34. The molecule has 2 aromatic rings. The molecule has 0 bridgehead atoms. The van der Waals surface area contributed by atoms with Crippen molar-refractivity contribution in [1.29, 1.82) is 0 Å². The van der Waals surface area contributed by atoms with Gasteiger partial charge in [0, 0.05) is 25.6 Å². The Bertz CT molecular complexity index is 474. The number of ether oxygens (including phenoxy) is 2. The highest BCUT2D eigenvalue weighted by atomic mass is 16.5. The molecule has 2 aromatic carbocycles. The fraction of sp³-hybridized carbons (Fsp3) is 0.294. The molecular weight excluding hydrogens is 264 g/mol. The van der Waals surface area contributed by atoms with Gasteiger partial charge in [-0.2, -0.15) is 0 Å². The van der Waals surface area contributed by atoms with Crippen molar-refractivity contribution < 1.29 is 9.47 Å². The Balaban J connectivity index is 1.91. The summed E-state index contributed by atoms with van der Waals surface area (Å²) in [6.45, 7) is 1.05. The zero-order chi connectivity index (χ0) is 14.9. The zero-order valence-corrected chi connectivity index (χ0v) is 12.6. The summed E-state index contributed by atoms with van der Waals surface area (Å²) in [5.74, 6) is 0. The molecular formula is C17H22N2O2. The van der Waals surface area contributed by atoms with Crippen molar-refractivity contribution in [3.05, 3.63) is 59.7 Å². The quantitative estimate of drug-likeness (QED) is 0.731. The van der Waals surface area contributed by atoms with E-state index in [0.29, 0.717) is 13.5 Å². The first-order valence-electron chi connectivity index (χ1n) is 6.95. The molecule has 0 atom stereocenters. The van der Waals surface area contributed by atoms with Gasteiger partial charge in [-0.1, -0.05) is 24.3 Å². The van der Waals surface area contributed by atoms with E-state index in [9.17, 15) is 0 Å². The maximum absolute atomic E-state index is 4.98. The summed E-state index contributed by atoms with van der Waals surface area (Å²) < 4.78 is 9.97. The highest BCUT2D eigenvalue weighted by Crippen LogP contribution is 2.15. The van der Waals surface area contributed by atoms with Crippen molar-refractivity contribution in [2.45, 2.75) is 6.42 Å². The molecule has 0 amide bonds. The van der Waals surface area contributed by atoms with Crippen LogP contribution < -0.4 is 10.6 Å². The number of rotatable bonds is 8. The second-order valence-electron chi connectivity index (χ2n) is 4.79. The normalized spacial score (nSPS) is 10.4. The molecule has 0 aliphatic carbocycles. The van der Waals surface area contributed by atoms with E-state index in [-0.39, 0.29) is 0 Å². The van der Waals surface area contributed by atoms with Gasteiger partial charge in [-0.25, -0.2) is 0 Å². The fourth-order valence-corrected chi connectivity index (χ4v) is 2.03. The summed E-state index contributed by atoms with van der Waals surface area (Å²) in [7, 11) is 3.35. The molecule has 0 unspecified atom stereocenters. The van der Waals surface area contributed by atoms with Gasteiger partial charge in [0.1, 0.15) is 13.5 Å². The highest BCUT2D eigenvalue weighted by Gasteiger charge is 1.98. The van der Waals surface area contributed by atoms with Crippen molar-refractivity contribution in [1.82, 2.24) is 0 Å². The van der Waals surface area contributed by atoms with Crippen molar-refractivity contribution >= 4 is 11.4 Å². The average Bonchev–Trinajstić information content (AvgIpc) is 2.53. The van der Waals surface area contributed by atoms with Crippen LogP contribution in [0.25, 0.3) is 0 Å². The molecule has 112 valence electrons. The van der Waals surface area contributed by atoms with Gasteiger partial charge in [-0.05, 0) is 41.8 Å². The predicted molar refractivity (Wildman–Crippen MR) is 86.7 cm³/mol. The Morgan fingerprint density at radius 2 is 1.05 bits per heavy atom. The predicted octanol–water partition coefficient (Wildman–Crippen LogP) is 3.31. The smallest absolute Gasteiger partial charge is 0.116 e. The molecule has 0 saturated carbocycles. The second-order valence-corrected chi connectivity index (χ2v) is 4.79. The topological polar surface area (TPSA) is 42.5 Å². The van der Waals surface area contributed by atoms with Crippen LogP contribution in [0.1, 0.15) is 11.1 Å². The molecule has 2 rings (SSSR count). The first-order valence-corrected chi connectivity index (χ1v) is 6.95. The van der Waals surface area contributed by atoms with E-state index in [1.165, 1.54) is 11.1 Å². The Kier molecular flexibility index (Phi) is 6.06. The number of nitrogens with one attached hydrogen (secondary N) is 2. The van der Waals surface area contributed by atoms with E-state index in [1.807, 2.05) is 0 Å². The van der Waals surface area contributed by atoms with Crippen LogP contribution >= 0.6 is 0 Å². The van der Waals surface area contributed by atoms with Gasteiger partial charge < -0.3 is 20.1 Å². The van der Waals surface area contributed by atoms with Gasteiger partial charge in [0.25, 0.3) is 0 Å². The van der Waals surface area contributed by atoms with Gasteiger partial charge >= 0.3 is 0 Å². The average molecular weight is 286 g/mol. The molecule has 0 spiro atoms. The lowest BCUT2D eigenvalue weighted by atomic mass is 10.0. The summed E-state index contributed by atoms with van der Waals surface area (Å²) in [5.41, 5.74) is 4.71. The third-order valence-corrected chi connectivity index (χ3v) is 3.16. The number of hydrogen-bond donors (Lipinski definition) is 2. The molecule has 0 aromatic heterocycles. The van der Waals surface area contributed by atoms with E-state index in [0.717, 1.165) is 17.8 Å². The SMILES string of the molecule is COCNc1ccc(Cc2ccc(NCOC)cc2)cc1. The number of anilines is 2. The minimum Gasteiger partial charge on any atom is -0.365 e. The first kappa shape index (κ1) is 15.4. The molecule has 0 radical (unpaired) electrons. The third kappa shape index (κ3) is 5.10. The van der Waals surface area contributed by atoms with Gasteiger partial charge in [0.05, 0.1) is 0 Å². The molecule has 4 heteroatoms. The molecule has 0 fully saturated rings. The van der Waals surface area contributed by atoms with Crippen molar-refractivity contribution in [2.75, 3.05) is 38.3 Å². The lowest BCUT2D eigenvalue weighted by molar-refractivity contribution is 0.221. The molecule has 0 aliphatic rings. The van der Waals surface area contributed by atoms with Crippen molar-refractivity contribution in [3.8, 4) is 0 Å². The summed E-state index contributed by atoms with van der Waals surface area (Å²) >= 11 is 0. The van der Waals surface area contributed by atoms with Crippen LogP contribution in [-0.4, -0.2) is 27.7 Å². The summed E-state index contributed by atoms with van der Waals surface area (Å²) in [4.78, 5) is 0. The van der Waals surface area contributed by atoms with Crippen LogP contribution in [0.3, 0.4) is 0 Å². The van der Waals surface area contributed by atoms with E-state index < -0.39 is 0 Å². The van der Waals surface area contributed by atoms with E-state index in [4.69, 9.17) is 9.47 Å². The zero-order valence-electron chi connectivity index (χ0n) is 12.6. The van der Waals surface area contributed by atoms with Crippen LogP contribution in [0, 0.1) is 0 Å². The Morgan fingerprint density at radius 3 is 1.38 bits per heavy atom. The third-order valence-electron chi connectivity index (χ3n) is 3.16. The Labute approximate surface area is 126 Å². The number of hydrogen-bond acceptors (Lipinski definition) is 4. The van der Waals surface area contributed by atoms with Crippen molar-refractivity contribution in [2.24, 2.45) is 0 Å². The fourth-order valence-electron chi connectivity index (χ4n) is 2.03. The highest BCUT2D eigenvalue weighted by molar-refractivity contribution is 5.47. The van der Waals surface area contributed by atoms with Gasteiger partial charge in [0.15, 0.2) is 0 Å². The molecule has 0 heterocycles. The maximum Gasteiger partial charge on any atom is 0.116 e.